The molecule has 1 atom stereocenters. The maximum Gasteiger partial charge on any atom is 0.276 e. The molecule has 1 aliphatic heterocycles. The molecule has 116 valence electrons. The number of piperidine rings is 1. The quantitative estimate of drug-likeness (QED) is 0.923. The van der Waals surface area contributed by atoms with Crippen LogP contribution < -0.4 is 0 Å². The third-order valence-corrected chi connectivity index (χ3v) is 4.77. The average Bonchev–Trinajstić information content (AvgIpc) is 3.24. The lowest BCUT2D eigenvalue weighted by Gasteiger charge is -2.31. The van der Waals surface area contributed by atoms with E-state index in [0.717, 1.165) is 62.2 Å². The van der Waals surface area contributed by atoms with E-state index in [1.807, 2.05) is 11.1 Å². The van der Waals surface area contributed by atoms with Gasteiger partial charge in [0.1, 0.15) is 11.6 Å². The van der Waals surface area contributed by atoms with E-state index in [4.69, 9.17) is 4.52 Å². The Morgan fingerprint density at radius 3 is 3.09 bits per heavy atom. The molecule has 4 rings (SSSR count). The minimum Gasteiger partial charge on any atom is -0.360 e. The summed E-state index contributed by atoms with van der Waals surface area (Å²) in [7, 11) is 0. The van der Waals surface area contributed by atoms with E-state index in [1.54, 1.807) is 6.20 Å². The van der Waals surface area contributed by atoms with Gasteiger partial charge < -0.3 is 14.4 Å². The van der Waals surface area contributed by atoms with E-state index in [-0.39, 0.29) is 11.8 Å². The van der Waals surface area contributed by atoms with Crippen LogP contribution in [-0.4, -0.2) is 39.0 Å². The fourth-order valence-corrected chi connectivity index (χ4v) is 3.59. The van der Waals surface area contributed by atoms with E-state index in [0.29, 0.717) is 12.2 Å². The van der Waals surface area contributed by atoms with Crippen LogP contribution in [0.25, 0.3) is 0 Å². The van der Waals surface area contributed by atoms with Crippen LogP contribution in [0.3, 0.4) is 0 Å². The number of nitrogens with zero attached hydrogens (tertiary/aromatic N) is 3. The number of aromatic amines is 1. The van der Waals surface area contributed by atoms with Gasteiger partial charge in [-0.25, -0.2) is 4.98 Å². The molecule has 1 N–H and O–H groups in total. The van der Waals surface area contributed by atoms with Gasteiger partial charge in [-0.2, -0.15) is 0 Å². The van der Waals surface area contributed by atoms with Crippen LogP contribution in [0.4, 0.5) is 0 Å². The molecule has 1 amide bonds. The minimum absolute atomic E-state index is 0.0168. The van der Waals surface area contributed by atoms with Crippen LogP contribution in [0.15, 0.2) is 16.9 Å². The monoisotopic (exact) mass is 300 g/mol. The van der Waals surface area contributed by atoms with Crippen molar-refractivity contribution in [1.82, 2.24) is 20.0 Å². The summed E-state index contributed by atoms with van der Waals surface area (Å²) >= 11 is 0. The van der Waals surface area contributed by atoms with Gasteiger partial charge in [-0.05, 0) is 32.1 Å². The number of aryl methyl sites for hydroxylation is 1. The normalized spacial score (nSPS) is 21.6. The Kier molecular flexibility index (Phi) is 3.44. The highest BCUT2D eigenvalue weighted by Gasteiger charge is 2.31. The second kappa shape index (κ2) is 5.59. The van der Waals surface area contributed by atoms with Crippen LogP contribution in [0, 0.1) is 0 Å². The maximum absolute atomic E-state index is 12.8. The fourth-order valence-electron chi connectivity index (χ4n) is 3.59. The highest BCUT2D eigenvalue weighted by Crippen LogP contribution is 2.28. The highest BCUT2D eigenvalue weighted by atomic mass is 16.5. The van der Waals surface area contributed by atoms with Gasteiger partial charge in [0.2, 0.25) is 0 Å². The molecule has 0 radical (unpaired) electrons. The van der Waals surface area contributed by atoms with Gasteiger partial charge in [-0.3, -0.25) is 4.79 Å². The van der Waals surface area contributed by atoms with Crippen molar-refractivity contribution in [2.45, 2.75) is 44.4 Å². The molecule has 0 saturated carbocycles. The standard InChI is InChI=1S/C16H20N4O2/c21-16(14-12-5-1-2-6-13(12)22-19-14)20-9-3-4-11(10-20)15-17-7-8-18-15/h7-8,11H,1-6,9-10H2,(H,17,18). The average molecular weight is 300 g/mol. The summed E-state index contributed by atoms with van der Waals surface area (Å²) in [5.41, 5.74) is 1.58. The summed E-state index contributed by atoms with van der Waals surface area (Å²) in [5.74, 6) is 2.19. The second-order valence-electron chi connectivity index (χ2n) is 6.20. The Bertz CT molecular complexity index is 662. The first kappa shape index (κ1) is 13.5. The Balaban J connectivity index is 1.54. The Hall–Kier alpha value is -2.11. The first-order chi connectivity index (χ1) is 10.8. The summed E-state index contributed by atoms with van der Waals surface area (Å²) in [5, 5.41) is 4.07. The fraction of sp³-hybridized carbons (Fsp3) is 0.562. The minimum atomic E-state index is 0.0168. The van der Waals surface area contributed by atoms with Crippen molar-refractivity contribution in [3.63, 3.8) is 0 Å². The van der Waals surface area contributed by atoms with Crippen LogP contribution in [0.5, 0.6) is 0 Å². The third kappa shape index (κ3) is 2.32. The molecule has 1 unspecified atom stereocenters. The second-order valence-corrected chi connectivity index (χ2v) is 6.20. The van der Waals surface area contributed by atoms with E-state index >= 15 is 0 Å². The van der Waals surface area contributed by atoms with Gasteiger partial charge in [-0.15, -0.1) is 0 Å². The number of rotatable bonds is 2. The van der Waals surface area contributed by atoms with Crippen molar-refractivity contribution in [3.8, 4) is 0 Å². The summed E-state index contributed by atoms with van der Waals surface area (Å²) < 4.78 is 5.38. The number of carbonyl (C=O) groups excluding carboxylic acids is 1. The van der Waals surface area contributed by atoms with Gasteiger partial charge in [0.15, 0.2) is 5.69 Å². The predicted molar refractivity (Wildman–Crippen MR) is 79.6 cm³/mol. The molecule has 0 aromatic carbocycles. The number of amides is 1. The molecule has 6 heteroatoms. The van der Waals surface area contributed by atoms with E-state index < -0.39 is 0 Å². The topological polar surface area (TPSA) is 75.0 Å². The number of fused-ring (bicyclic) bond motifs is 1. The molecule has 0 spiro atoms. The highest BCUT2D eigenvalue weighted by molar-refractivity contribution is 5.94. The first-order valence-corrected chi connectivity index (χ1v) is 8.09. The Labute approximate surface area is 128 Å². The largest absolute Gasteiger partial charge is 0.360 e. The molecule has 1 saturated heterocycles. The zero-order chi connectivity index (χ0) is 14.9. The van der Waals surface area contributed by atoms with Crippen molar-refractivity contribution >= 4 is 5.91 Å². The van der Waals surface area contributed by atoms with Gasteiger partial charge in [0.25, 0.3) is 5.91 Å². The lowest BCUT2D eigenvalue weighted by molar-refractivity contribution is 0.0693. The van der Waals surface area contributed by atoms with Crippen LogP contribution >= 0.6 is 0 Å². The molecule has 2 aromatic heterocycles. The number of nitrogens with one attached hydrogen (secondary N) is 1. The predicted octanol–water partition coefficient (Wildman–Crippen LogP) is 2.30. The maximum atomic E-state index is 12.8. The third-order valence-electron chi connectivity index (χ3n) is 4.77. The number of carbonyl (C=O) groups is 1. The molecule has 6 nitrogen and oxygen atoms in total. The zero-order valence-corrected chi connectivity index (χ0v) is 12.5. The molecule has 1 fully saturated rings. The summed E-state index contributed by atoms with van der Waals surface area (Å²) in [6, 6.07) is 0. The molecule has 2 aromatic rings. The molecular formula is C16H20N4O2. The molecular weight excluding hydrogens is 280 g/mol. The van der Waals surface area contributed by atoms with Crippen molar-refractivity contribution in [2.75, 3.05) is 13.1 Å². The SMILES string of the molecule is O=C(c1noc2c1CCCC2)N1CCCC(c2ncc[nH]2)C1. The lowest BCUT2D eigenvalue weighted by Crippen LogP contribution is -2.40. The number of imidazole rings is 1. The summed E-state index contributed by atoms with van der Waals surface area (Å²) in [6.45, 7) is 1.49. The Morgan fingerprint density at radius 2 is 2.23 bits per heavy atom. The molecule has 3 heterocycles. The summed E-state index contributed by atoms with van der Waals surface area (Å²) in [6.07, 6.45) is 9.73. The summed E-state index contributed by atoms with van der Waals surface area (Å²) in [4.78, 5) is 22.2. The van der Waals surface area contributed by atoms with Crippen LogP contribution in [0.1, 0.15) is 59.2 Å². The first-order valence-electron chi connectivity index (χ1n) is 8.09. The number of H-pyrrole nitrogens is 1. The number of hydrogen-bond acceptors (Lipinski definition) is 4. The van der Waals surface area contributed by atoms with E-state index in [1.165, 1.54) is 0 Å². The number of aromatic nitrogens is 3. The van der Waals surface area contributed by atoms with E-state index in [9.17, 15) is 4.79 Å². The van der Waals surface area contributed by atoms with Crippen molar-refractivity contribution in [2.24, 2.45) is 0 Å². The lowest BCUT2D eigenvalue weighted by atomic mass is 9.94. The molecule has 22 heavy (non-hydrogen) atoms. The zero-order valence-electron chi connectivity index (χ0n) is 12.5. The van der Waals surface area contributed by atoms with Crippen LogP contribution in [-0.2, 0) is 12.8 Å². The van der Waals surface area contributed by atoms with Gasteiger partial charge in [0, 0.05) is 43.4 Å². The smallest absolute Gasteiger partial charge is 0.276 e. The molecule has 1 aliphatic carbocycles. The number of hydrogen-bond donors (Lipinski definition) is 1. The Morgan fingerprint density at radius 1 is 1.32 bits per heavy atom. The van der Waals surface area contributed by atoms with Crippen molar-refractivity contribution in [1.29, 1.82) is 0 Å². The van der Waals surface area contributed by atoms with Gasteiger partial charge in [0.05, 0.1) is 0 Å². The van der Waals surface area contributed by atoms with Crippen LogP contribution in [0.2, 0.25) is 0 Å². The molecule has 2 aliphatic rings. The number of likely N-dealkylation sites (tertiary alicyclic amines) is 1. The van der Waals surface area contributed by atoms with Gasteiger partial charge >= 0.3 is 0 Å². The van der Waals surface area contributed by atoms with Gasteiger partial charge in [-0.1, -0.05) is 5.16 Å². The van der Waals surface area contributed by atoms with E-state index in [2.05, 4.69) is 15.1 Å². The molecule has 0 bridgehead atoms. The van der Waals surface area contributed by atoms with Crippen molar-refractivity contribution in [3.05, 3.63) is 35.2 Å². The van der Waals surface area contributed by atoms with Crippen molar-refractivity contribution < 1.29 is 9.32 Å².